The predicted molar refractivity (Wildman–Crippen MR) is 98.5 cm³/mol. The van der Waals surface area contributed by atoms with E-state index in [4.69, 9.17) is 0 Å². The summed E-state index contributed by atoms with van der Waals surface area (Å²) >= 11 is 0. The molecule has 9 heteroatoms. The number of sulfonamides is 1. The van der Waals surface area contributed by atoms with Crippen molar-refractivity contribution < 1.29 is 26.4 Å². The molecule has 0 saturated heterocycles. The number of aromatic amines is 1. The SMILES string of the molecule is CCc1c(C)[nH]c2ccc(C(=O)NS(=O)(=O)c3cccc(C(F)(F)F)c3)cc12. The van der Waals surface area contributed by atoms with E-state index in [9.17, 15) is 26.4 Å². The Morgan fingerprint density at radius 2 is 1.86 bits per heavy atom. The van der Waals surface area contributed by atoms with Gasteiger partial charge in [-0.05, 0) is 55.3 Å². The van der Waals surface area contributed by atoms with Crippen LogP contribution in [0.15, 0.2) is 47.4 Å². The van der Waals surface area contributed by atoms with Gasteiger partial charge < -0.3 is 4.98 Å². The zero-order valence-corrected chi connectivity index (χ0v) is 15.8. The molecule has 2 N–H and O–H groups in total. The minimum atomic E-state index is -4.69. The highest BCUT2D eigenvalue weighted by Gasteiger charge is 2.32. The molecule has 0 atom stereocenters. The van der Waals surface area contributed by atoms with E-state index in [1.807, 2.05) is 18.6 Å². The number of benzene rings is 2. The molecule has 0 aliphatic carbocycles. The van der Waals surface area contributed by atoms with Crippen LogP contribution >= 0.6 is 0 Å². The molecule has 28 heavy (non-hydrogen) atoms. The minimum Gasteiger partial charge on any atom is -0.358 e. The number of carbonyl (C=O) groups excluding carboxylic acids is 1. The zero-order chi connectivity index (χ0) is 20.7. The lowest BCUT2D eigenvalue weighted by molar-refractivity contribution is -0.137. The molecule has 0 aliphatic rings. The monoisotopic (exact) mass is 410 g/mol. The van der Waals surface area contributed by atoms with Gasteiger partial charge >= 0.3 is 6.18 Å². The summed E-state index contributed by atoms with van der Waals surface area (Å²) in [5.41, 5.74) is 1.75. The standard InChI is InChI=1S/C19H17F3N2O3S/c1-3-15-11(2)23-17-8-7-12(9-16(15)17)18(25)24-28(26,27)14-6-4-5-13(10-14)19(20,21)22/h4-10,23H,3H2,1-2H3,(H,24,25). The molecule has 2 aromatic carbocycles. The number of rotatable bonds is 4. The summed E-state index contributed by atoms with van der Waals surface area (Å²) < 4.78 is 65.1. The molecule has 1 heterocycles. The highest BCUT2D eigenvalue weighted by atomic mass is 32.2. The van der Waals surface area contributed by atoms with Crippen LogP contribution in [0.25, 0.3) is 10.9 Å². The van der Waals surface area contributed by atoms with Crippen molar-refractivity contribution in [1.29, 1.82) is 0 Å². The molecule has 3 rings (SSSR count). The van der Waals surface area contributed by atoms with Crippen LogP contribution in [0.4, 0.5) is 13.2 Å². The third kappa shape index (κ3) is 3.75. The first-order valence-corrected chi connectivity index (χ1v) is 9.87. The summed E-state index contributed by atoms with van der Waals surface area (Å²) in [4.78, 5) is 15.0. The molecule has 148 valence electrons. The number of alkyl halides is 3. The Labute approximate surface area is 159 Å². The second kappa shape index (κ2) is 6.97. The molecule has 3 aromatic rings. The molecule has 0 aliphatic heterocycles. The molecule has 0 radical (unpaired) electrons. The van der Waals surface area contributed by atoms with Gasteiger partial charge in [-0.1, -0.05) is 13.0 Å². The lowest BCUT2D eigenvalue weighted by atomic mass is 10.1. The average molecular weight is 410 g/mol. The fourth-order valence-electron chi connectivity index (χ4n) is 3.06. The van der Waals surface area contributed by atoms with E-state index in [-0.39, 0.29) is 5.56 Å². The summed E-state index contributed by atoms with van der Waals surface area (Å²) in [6, 6.07) is 7.90. The smallest absolute Gasteiger partial charge is 0.358 e. The highest BCUT2D eigenvalue weighted by molar-refractivity contribution is 7.90. The number of hydrogen-bond donors (Lipinski definition) is 2. The largest absolute Gasteiger partial charge is 0.416 e. The number of aryl methyl sites for hydroxylation is 2. The van der Waals surface area contributed by atoms with Crippen molar-refractivity contribution in [1.82, 2.24) is 9.71 Å². The lowest BCUT2D eigenvalue weighted by Gasteiger charge is -2.10. The Morgan fingerprint density at radius 3 is 2.50 bits per heavy atom. The van der Waals surface area contributed by atoms with Crippen molar-refractivity contribution >= 4 is 26.8 Å². The molecular weight excluding hydrogens is 393 g/mol. The zero-order valence-electron chi connectivity index (χ0n) is 15.0. The average Bonchev–Trinajstić information content (AvgIpc) is 2.94. The van der Waals surface area contributed by atoms with E-state index in [1.54, 1.807) is 12.1 Å². The van der Waals surface area contributed by atoms with E-state index in [0.29, 0.717) is 6.07 Å². The Hall–Kier alpha value is -2.81. The molecule has 0 fully saturated rings. The first-order chi connectivity index (χ1) is 13.0. The second-order valence-electron chi connectivity index (χ2n) is 6.30. The third-order valence-electron chi connectivity index (χ3n) is 4.43. The maximum Gasteiger partial charge on any atom is 0.416 e. The number of hydrogen-bond acceptors (Lipinski definition) is 3. The van der Waals surface area contributed by atoms with Crippen molar-refractivity contribution in [3.05, 3.63) is 64.8 Å². The van der Waals surface area contributed by atoms with Gasteiger partial charge in [0.15, 0.2) is 0 Å². The van der Waals surface area contributed by atoms with E-state index in [1.165, 1.54) is 6.07 Å². The molecule has 0 unspecified atom stereocenters. The highest BCUT2D eigenvalue weighted by Crippen LogP contribution is 2.30. The number of carbonyl (C=O) groups is 1. The van der Waals surface area contributed by atoms with Gasteiger partial charge in [0.1, 0.15) is 0 Å². The molecule has 5 nitrogen and oxygen atoms in total. The maximum absolute atomic E-state index is 12.8. The normalized spacial score (nSPS) is 12.3. The minimum absolute atomic E-state index is 0.0942. The number of amides is 1. The summed E-state index contributed by atoms with van der Waals surface area (Å²) in [6.07, 6.45) is -3.97. The van der Waals surface area contributed by atoms with Crippen molar-refractivity contribution in [3.63, 3.8) is 0 Å². The quantitative estimate of drug-likeness (QED) is 0.677. The van der Waals surface area contributed by atoms with Crippen molar-refractivity contribution in [3.8, 4) is 0 Å². The van der Waals surface area contributed by atoms with E-state index < -0.39 is 32.6 Å². The molecular formula is C19H17F3N2O3S. The molecule has 1 aromatic heterocycles. The molecule has 0 saturated carbocycles. The number of H-pyrrole nitrogens is 1. The first-order valence-electron chi connectivity index (χ1n) is 8.38. The van der Waals surface area contributed by atoms with Crippen LogP contribution in [0.3, 0.4) is 0 Å². The Morgan fingerprint density at radius 1 is 1.14 bits per heavy atom. The number of halogens is 3. The molecule has 1 amide bonds. The van der Waals surface area contributed by atoms with Gasteiger partial charge in [-0.15, -0.1) is 0 Å². The number of aromatic nitrogens is 1. The summed E-state index contributed by atoms with van der Waals surface area (Å²) in [5, 5.41) is 0.795. The van der Waals surface area contributed by atoms with Crippen molar-refractivity contribution in [2.45, 2.75) is 31.3 Å². The predicted octanol–water partition coefficient (Wildman–Crippen LogP) is 4.18. The van der Waals surface area contributed by atoms with Crippen LogP contribution < -0.4 is 4.72 Å². The third-order valence-corrected chi connectivity index (χ3v) is 5.76. The van der Waals surface area contributed by atoms with Crippen LogP contribution in [-0.2, 0) is 22.6 Å². The van der Waals surface area contributed by atoms with Gasteiger partial charge in [0.2, 0.25) is 0 Å². The van der Waals surface area contributed by atoms with E-state index in [0.717, 1.165) is 46.8 Å². The van der Waals surface area contributed by atoms with Gasteiger partial charge in [-0.3, -0.25) is 4.79 Å². The summed E-state index contributed by atoms with van der Waals surface area (Å²) in [7, 11) is -4.46. The maximum atomic E-state index is 12.8. The fourth-order valence-corrected chi connectivity index (χ4v) is 4.08. The Kier molecular flexibility index (Phi) is 4.97. The summed E-state index contributed by atoms with van der Waals surface area (Å²) in [6.45, 7) is 3.86. The molecule has 0 spiro atoms. The van der Waals surface area contributed by atoms with Gasteiger partial charge in [0.25, 0.3) is 15.9 Å². The van der Waals surface area contributed by atoms with Crippen LogP contribution in [0.2, 0.25) is 0 Å². The molecule has 0 bridgehead atoms. The van der Waals surface area contributed by atoms with Gasteiger partial charge in [-0.25, -0.2) is 13.1 Å². The topological polar surface area (TPSA) is 79.0 Å². The van der Waals surface area contributed by atoms with E-state index >= 15 is 0 Å². The van der Waals surface area contributed by atoms with Crippen molar-refractivity contribution in [2.75, 3.05) is 0 Å². The first kappa shape index (κ1) is 19.9. The van der Waals surface area contributed by atoms with Gasteiger partial charge in [-0.2, -0.15) is 13.2 Å². The number of fused-ring (bicyclic) bond motifs is 1. The van der Waals surface area contributed by atoms with Crippen LogP contribution in [0.1, 0.15) is 34.1 Å². The number of nitrogens with one attached hydrogen (secondary N) is 2. The van der Waals surface area contributed by atoms with Crippen LogP contribution in [0, 0.1) is 6.92 Å². The van der Waals surface area contributed by atoms with Gasteiger partial charge in [0, 0.05) is 22.2 Å². The summed E-state index contributed by atoms with van der Waals surface area (Å²) in [5.74, 6) is -0.916. The second-order valence-corrected chi connectivity index (χ2v) is 7.99. The van der Waals surface area contributed by atoms with Crippen LogP contribution in [0.5, 0.6) is 0 Å². The van der Waals surface area contributed by atoms with Crippen LogP contribution in [-0.4, -0.2) is 19.3 Å². The Balaban J connectivity index is 1.93. The van der Waals surface area contributed by atoms with E-state index in [2.05, 4.69) is 4.98 Å². The lowest BCUT2D eigenvalue weighted by Crippen LogP contribution is -2.30. The fraction of sp³-hybridized carbons (Fsp3) is 0.211. The van der Waals surface area contributed by atoms with Gasteiger partial charge in [0.05, 0.1) is 10.5 Å². The Bertz CT molecular complexity index is 1160. The van der Waals surface area contributed by atoms with Crippen molar-refractivity contribution in [2.24, 2.45) is 0 Å².